The van der Waals surface area contributed by atoms with Gasteiger partial charge in [-0.3, -0.25) is 9.59 Å². The summed E-state index contributed by atoms with van der Waals surface area (Å²) >= 11 is 0. The SMILES string of the molecule is Cc1cccc(=O)n1CCC(=O)N1CCOC[C@H](O)C1. The largest absolute Gasteiger partial charge is 0.389 e. The number of carbonyl (C=O) groups excluding carboxylic acids is 1. The molecule has 1 atom stereocenters. The molecule has 1 N–H and O–H groups in total. The Labute approximate surface area is 117 Å². The normalized spacial score (nSPS) is 19.7. The number of amides is 1. The highest BCUT2D eigenvalue weighted by Crippen LogP contribution is 2.04. The minimum atomic E-state index is -0.636. The van der Waals surface area contributed by atoms with Gasteiger partial charge in [0.25, 0.3) is 5.56 Å². The van der Waals surface area contributed by atoms with Gasteiger partial charge in [0.05, 0.1) is 19.3 Å². The third-order valence-electron chi connectivity index (χ3n) is 3.42. The third-order valence-corrected chi connectivity index (χ3v) is 3.42. The first-order valence-electron chi connectivity index (χ1n) is 6.78. The van der Waals surface area contributed by atoms with Gasteiger partial charge in [-0.2, -0.15) is 0 Å². The molecule has 1 aliphatic rings. The number of hydrogen-bond acceptors (Lipinski definition) is 4. The lowest BCUT2D eigenvalue weighted by Crippen LogP contribution is -2.38. The quantitative estimate of drug-likeness (QED) is 0.830. The van der Waals surface area contributed by atoms with E-state index in [1.807, 2.05) is 13.0 Å². The highest BCUT2D eigenvalue weighted by Gasteiger charge is 2.20. The summed E-state index contributed by atoms with van der Waals surface area (Å²) in [6.07, 6.45) is -0.389. The molecular weight excluding hydrogens is 260 g/mol. The third kappa shape index (κ3) is 3.68. The van der Waals surface area contributed by atoms with E-state index >= 15 is 0 Å². The van der Waals surface area contributed by atoms with Crippen LogP contribution in [0, 0.1) is 6.92 Å². The summed E-state index contributed by atoms with van der Waals surface area (Å²) in [7, 11) is 0. The first kappa shape index (κ1) is 14.7. The summed E-state index contributed by atoms with van der Waals surface area (Å²) in [5.74, 6) is -0.0651. The number of aliphatic hydroxyl groups excluding tert-OH is 1. The lowest BCUT2D eigenvalue weighted by atomic mass is 10.3. The number of rotatable bonds is 3. The summed E-state index contributed by atoms with van der Waals surface area (Å²) in [5, 5.41) is 9.61. The molecular formula is C14H20N2O4. The average molecular weight is 280 g/mol. The van der Waals surface area contributed by atoms with Gasteiger partial charge < -0.3 is 19.3 Å². The molecule has 0 unspecified atom stereocenters. The Morgan fingerprint density at radius 1 is 1.50 bits per heavy atom. The number of aromatic nitrogens is 1. The molecule has 110 valence electrons. The van der Waals surface area contributed by atoms with Crippen LogP contribution < -0.4 is 5.56 Å². The highest BCUT2D eigenvalue weighted by molar-refractivity contribution is 5.76. The average Bonchev–Trinajstić information content (AvgIpc) is 2.62. The first-order chi connectivity index (χ1) is 9.58. The van der Waals surface area contributed by atoms with E-state index in [0.29, 0.717) is 26.2 Å². The van der Waals surface area contributed by atoms with Crippen molar-refractivity contribution in [2.75, 3.05) is 26.3 Å². The van der Waals surface area contributed by atoms with Crippen molar-refractivity contribution in [3.05, 3.63) is 34.2 Å². The van der Waals surface area contributed by atoms with Crippen molar-refractivity contribution >= 4 is 5.91 Å². The van der Waals surface area contributed by atoms with Gasteiger partial charge in [0.2, 0.25) is 5.91 Å². The van der Waals surface area contributed by atoms with Gasteiger partial charge in [0.1, 0.15) is 0 Å². The van der Waals surface area contributed by atoms with E-state index in [4.69, 9.17) is 4.74 Å². The van der Waals surface area contributed by atoms with Crippen LogP contribution >= 0.6 is 0 Å². The number of carbonyl (C=O) groups is 1. The molecule has 6 nitrogen and oxygen atoms in total. The standard InChI is InChI=1S/C14H20N2O4/c1-11-3-2-4-14(19)16(11)6-5-13(18)15-7-8-20-10-12(17)9-15/h2-4,12,17H,5-10H2,1H3/t12-/m1/s1. The van der Waals surface area contributed by atoms with Gasteiger partial charge in [0.15, 0.2) is 0 Å². The van der Waals surface area contributed by atoms with E-state index in [9.17, 15) is 14.7 Å². The second-order valence-corrected chi connectivity index (χ2v) is 4.98. The number of aryl methyl sites for hydroxylation is 1. The zero-order valence-electron chi connectivity index (χ0n) is 11.6. The topological polar surface area (TPSA) is 71.8 Å². The maximum Gasteiger partial charge on any atom is 0.250 e. The smallest absolute Gasteiger partial charge is 0.250 e. The van der Waals surface area contributed by atoms with Crippen LogP contribution in [-0.2, 0) is 16.1 Å². The molecule has 2 heterocycles. The molecule has 1 saturated heterocycles. The van der Waals surface area contributed by atoms with Crippen LogP contribution in [-0.4, -0.2) is 52.9 Å². The molecule has 6 heteroatoms. The van der Waals surface area contributed by atoms with Crippen LogP contribution in [0.2, 0.25) is 0 Å². The van der Waals surface area contributed by atoms with Crippen LogP contribution in [0.15, 0.2) is 23.0 Å². The fourth-order valence-corrected chi connectivity index (χ4v) is 2.29. The minimum absolute atomic E-state index is 0.0651. The molecule has 1 aromatic heterocycles. The van der Waals surface area contributed by atoms with Crippen LogP contribution in [0.3, 0.4) is 0 Å². The maximum absolute atomic E-state index is 12.1. The van der Waals surface area contributed by atoms with Crippen molar-refractivity contribution in [3.8, 4) is 0 Å². The number of β-amino-alcohol motifs (C(OH)–C–C–N with tert-alkyl or cyclic N) is 1. The molecule has 0 radical (unpaired) electrons. The van der Waals surface area contributed by atoms with Gasteiger partial charge in [-0.1, -0.05) is 6.07 Å². The summed E-state index contributed by atoms with van der Waals surface area (Å²) in [4.78, 5) is 25.4. The van der Waals surface area contributed by atoms with Crippen molar-refractivity contribution in [1.29, 1.82) is 0 Å². The number of hydrogen-bond donors (Lipinski definition) is 1. The molecule has 0 spiro atoms. The molecule has 2 rings (SSSR count). The van der Waals surface area contributed by atoms with Gasteiger partial charge in [-0.15, -0.1) is 0 Å². The Kier molecular flexibility index (Phi) is 4.92. The Bertz CT molecular complexity index is 526. The monoisotopic (exact) mass is 280 g/mol. The fourth-order valence-electron chi connectivity index (χ4n) is 2.29. The number of aliphatic hydroxyl groups is 1. The Balaban J connectivity index is 1.96. The van der Waals surface area contributed by atoms with Gasteiger partial charge in [-0.25, -0.2) is 0 Å². The van der Waals surface area contributed by atoms with Gasteiger partial charge in [-0.05, 0) is 13.0 Å². The molecule has 1 aromatic rings. The molecule has 0 bridgehead atoms. The van der Waals surface area contributed by atoms with Crippen LogP contribution in [0.25, 0.3) is 0 Å². The molecule has 0 aliphatic carbocycles. The summed E-state index contributed by atoms with van der Waals surface area (Å²) < 4.78 is 6.78. The van der Waals surface area contributed by atoms with Crippen LogP contribution in [0.1, 0.15) is 12.1 Å². The van der Waals surface area contributed by atoms with Crippen molar-refractivity contribution in [2.45, 2.75) is 26.0 Å². The van der Waals surface area contributed by atoms with Crippen LogP contribution in [0.5, 0.6) is 0 Å². The van der Waals surface area contributed by atoms with E-state index in [-0.39, 0.29) is 24.5 Å². The van der Waals surface area contributed by atoms with Crippen LogP contribution in [0.4, 0.5) is 0 Å². The van der Waals surface area contributed by atoms with E-state index in [1.54, 1.807) is 15.5 Å². The number of nitrogens with zero attached hydrogens (tertiary/aromatic N) is 2. The Morgan fingerprint density at radius 2 is 2.30 bits per heavy atom. The van der Waals surface area contributed by atoms with Crippen molar-refractivity contribution in [2.24, 2.45) is 0 Å². The molecule has 20 heavy (non-hydrogen) atoms. The number of ether oxygens (including phenoxy) is 1. The van der Waals surface area contributed by atoms with E-state index in [1.165, 1.54) is 6.07 Å². The molecule has 1 aliphatic heterocycles. The second kappa shape index (κ2) is 6.67. The van der Waals surface area contributed by atoms with Crippen molar-refractivity contribution in [3.63, 3.8) is 0 Å². The molecule has 0 aromatic carbocycles. The van der Waals surface area contributed by atoms with E-state index in [2.05, 4.69) is 0 Å². The predicted octanol–water partition coefficient (Wildman–Crippen LogP) is -0.233. The van der Waals surface area contributed by atoms with Crippen molar-refractivity contribution in [1.82, 2.24) is 9.47 Å². The lowest BCUT2D eigenvalue weighted by molar-refractivity contribution is -0.132. The lowest BCUT2D eigenvalue weighted by Gasteiger charge is -2.21. The molecule has 0 saturated carbocycles. The highest BCUT2D eigenvalue weighted by atomic mass is 16.5. The van der Waals surface area contributed by atoms with Gasteiger partial charge >= 0.3 is 0 Å². The predicted molar refractivity (Wildman–Crippen MR) is 73.5 cm³/mol. The van der Waals surface area contributed by atoms with E-state index < -0.39 is 6.10 Å². The summed E-state index contributed by atoms with van der Waals surface area (Å²) in [6.45, 7) is 3.68. The summed E-state index contributed by atoms with van der Waals surface area (Å²) in [5.41, 5.74) is 0.738. The fraction of sp³-hybridized carbons (Fsp3) is 0.571. The van der Waals surface area contributed by atoms with Crippen molar-refractivity contribution < 1.29 is 14.6 Å². The van der Waals surface area contributed by atoms with Gasteiger partial charge in [0, 0.05) is 37.8 Å². The minimum Gasteiger partial charge on any atom is -0.389 e. The molecule has 1 amide bonds. The second-order valence-electron chi connectivity index (χ2n) is 4.98. The molecule has 1 fully saturated rings. The first-order valence-corrected chi connectivity index (χ1v) is 6.78. The number of pyridine rings is 1. The Morgan fingerprint density at radius 3 is 3.05 bits per heavy atom. The summed E-state index contributed by atoms with van der Waals surface area (Å²) in [6, 6.07) is 5.04. The Hall–Kier alpha value is -1.66. The maximum atomic E-state index is 12.1. The zero-order chi connectivity index (χ0) is 14.5. The van der Waals surface area contributed by atoms with E-state index in [0.717, 1.165) is 5.69 Å². The zero-order valence-corrected chi connectivity index (χ0v) is 11.6.